The first-order chi connectivity index (χ1) is 8.34. The van der Waals surface area contributed by atoms with Crippen molar-refractivity contribution in [2.24, 2.45) is 0 Å². The zero-order chi connectivity index (χ0) is 12.3. The van der Waals surface area contributed by atoms with E-state index in [4.69, 9.17) is 4.74 Å². The summed E-state index contributed by atoms with van der Waals surface area (Å²) in [5.41, 5.74) is 0. The Kier molecular flexibility index (Phi) is 8.70. The molecule has 0 bridgehead atoms. The summed E-state index contributed by atoms with van der Waals surface area (Å²) in [5.74, 6) is 1.11. The van der Waals surface area contributed by atoms with Gasteiger partial charge in [0, 0.05) is 24.3 Å². The highest BCUT2D eigenvalue weighted by atomic mass is 79.9. The van der Waals surface area contributed by atoms with Gasteiger partial charge >= 0.3 is 0 Å². The molecule has 17 heavy (non-hydrogen) atoms. The number of hydrogen-bond acceptors (Lipinski definition) is 4. The highest BCUT2D eigenvalue weighted by molar-refractivity contribution is 9.10. The maximum absolute atomic E-state index is 4.96. The lowest BCUT2D eigenvalue weighted by Crippen LogP contribution is -2.20. The summed E-state index contributed by atoms with van der Waals surface area (Å²) in [5, 5.41) is 4.42. The van der Waals surface area contributed by atoms with E-state index in [0.29, 0.717) is 0 Å². The number of methoxy groups -OCH3 is 1. The topological polar surface area (TPSA) is 34.1 Å². The van der Waals surface area contributed by atoms with E-state index in [1.54, 1.807) is 18.9 Å². The number of pyridine rings is 1. The van der Waals surface area contributed by atoms with Gasteiger partial charge in [0.05, 0.1) is 6.61 Å². The zero-order valence-electron chi connectivity index (χ0n) is 10.1. The van der Waals surface area contributed by atoms with Crippen LogP contribution in [0.15, 0.2) is 27.8 Å². The quantitative estimate of drug-likeness (QED) is 0.560. The maximum atomic E-state index is 4.96. The number of nitrogens with zero attached hydrogens (tertiary/aromatic N) is 1. The predicted octanol–water partition coefficient (Wildman–Crippen LogP) is 2.95. The van der Waals surface area contributed by atoms with E-state index >= 15 is 0 Å². The summed E-state index contributed by atoms with van der Waals surface area (Å²) in [6.07, 6.45) is 4.23. The first kappa shape index (κ1) is 15.0. The summed E-state index contributed by atoms with van der Waals surface area (Å²) >= 11 is 5.30. The molecule has 0 fully saturated rings. The van der Waals surface area contributed by atoms with Gasteiger partial charge in [-0.2, -0.15) is 0 Å². The molecule has 0 aliphatic heterocycles. The third-order valence-electron chi connectivity index (χ3n) is 2.19. The third-order valence-corrected chi connectivity index (χ3v) is 4.19. The molecule has 0 aliphatic rings. The summed E-state index contributed by atoms with van der Waals surface area (Å²) < 4.78 is 6.05. The van der Waals surface area contributed by atoms with Crippen LogP contribution < -0.4 is 5.32 Å². The summed E-state index contributed by atoms with van der Waals surface area (Å²) in [4.78, 5) is 4.32. The van der Waals surface area contributed by atoms with Gasteiger partial charge in [0.1, 0.15) is 5.03 Å². The molecular formula is C12H19BrN2OS. The molecule has 0 atom stereocenters. The molecule has 1 N–H and O–H groups in total. The maximum Gasteiger partial charge on any atom is 0.110 e. The molecule has 1 rings (SSSR count). The van der Waals surface area contributed by atoms with Crippen LogP contribution in [0.1, 0.15) is 12.8 Å². The predicted molar refractivity (Wildman–Crippen MR) is 76.6 cm³/mol. The van der Waals surface area contributed by atoms with Gasteiger partial charge in [0.25, 0.3) is 0 Å². The molecule has 0 radical (unpaired) electrons. The Morgan fingerprint density at radius 1 is 1.41 bits per heavy atom. The fourth-order valence-corrected chi connectivity index (χ4v) is 2.78. The molecule has 0 spiro atoms. The fraction of sp³-hybridized carbons (Fsp3) is 0.583. The van der Waals surface area contributed by atoms with Crippen molar-refractivity contribution in [3.8, 4) is 0 Å². The van der Waals surface area contributed by atoms with Crippen LogP contribution in [0.4, 0.5) is 0 Å². The number of nitrogens with one attached hydrogen (secondary N) is 1. The lowest BCUT2D eigenvalue weighted by Gasteiger charge is -2.04. The Morgan fingerprint density at radius 2 is 2.29 bits per heavy atom. The van der Waals surface area contributed by atoms with Crippen LogP contribution in [-0.4, -0.2) is 37.5 Å². The van der Waals surface area contributed by atoms with Crippen molar-refractivity contribution in [1.82, 2.24) is 10.3 Å². The normalized spacial score (nSPS) is 10.7. The van der Waals surface area contributed by atoms with Gasteiger partial charge in [-0.1, -0.05) is 0 Å². The summed E-state index contributed by atoms with van der Waals surface area (Å²) in [6.45, 7) is 2.79. The van der Waals surface area contributed by atoms with Gasteiger partial charge in [-0.05, 0) is 53.2 Å². The molecule has 0 saturated carbocycles. The van der Waals surface area contributed by atoms with Gasteiger partial charge in [0.2, 0.25) is 0 Å². The van der Waals surface area contributed by atoms with E-state index in [9.17, 15) is 0 Å². The number of unbranched alkanes of at least 4 members (excludes halogenated alkanes) is 1. The number of hydrogen-bond donors (Lipinski definition) is 1. The minimum atomic E-state index is 0.787. The molecule has 0 aromatic carbocycles. The van der Waals surface area contributed by atoms with Crippen molar-refractivity contribution in [3.63, 3.8) is 0 Å². The minimum absolute atomic E-state index is 0.787. The molecule has 0 unspecified atom stereocenters. The second-order valence-corrected chi connectivity index (χ2v) is 5.53. The molecule has 0 saturated heterocycles. The van der Waals surface area contributed by atoms with Crippen molar-refractivity contribution in [1.29, 1.82) is 0 Å². The number of thioether (sulfide) groups is 1. The van der Waals surface area contributed by atoms with Crippen LogP contribution in [0, 0.1) is 0 Å². The van der Waals surface area contributed by atoms with Gasteiger partial charge < -0.3 is 10.1 Å². The van der Waals surface area contributed by atoms with Crippen molar-refractivity contribution < 1.29 is 4.74 Å². The van der Waals surface area contributed by atoms with Crippen LogP contribution in [0.25, 0.3) is 0 Å². The standard InChI is InChI=1S/C12H19BrN2OS/c1-16-9-8-14-6-2-3-10-17-12-11(13)5-4-7-15-12/h4-5,7,14H,2-3,6,8-10H2,1H3. The van der Waals surface area contributed by atoms with Crippen LogP contribution in [-0.2, 0) is 4.74 Å². The zero-order valence-corrected chi connectivity index (χ0v) is 12.5. The highest BCUT2D eigenvalue weighted by Crippen LogP contribution is 2.25. The third kappa shape index (κ3) is 7.03. The first-order valence-electron chi connectivity index (χ1n) is 5.77. The molecule has 1 heterocycles. The second-order valence-electron chi connectivity index (χ2n) is 3.59. The van der Waals surface area contributed by atoms with Crippen LogP contribution >= 0.6 is 27.7 Å². The van der Waals surface area contributed by atoms with E-state index < -0.39 is 0 Å². The fourth-order valence-electron chi connectivity index (χ4n) is 1.30. The molecule has 0 aliphatic carbocycles. The van der Waals surface area contributed by atoms with E-state index in [0.717, 1.165) is 34.9 Å². The molecule has 96 valence electrons. The molecule has 1 aromatic rings. The van der Waals surface area contributed by atoms with E-state index in [-0.39, 0.29) is 0 Å². The molecule has 5 heteroatoms. The Balaban J connectivity index is 1.99. The Labute approximate surface area is 116 Å². The van der Waals surface area contributed by atoms with Crippen LogP contribution in [0.3, 0.4) is 0 Å². The minimum Gasteiger partial charge on any atom is -0.383 e. The number of ether oxygens (including phenoxy) is 1. The van der Waals surface area contributed by atoms with Crippen molar-refractivity contribution in [2.45, 2.75) is 17.9 Å². The second kappa shape index (κ2) is 9.88. The van der Waals surface area contributed by atoms with Gasteiger partial charge in [-0.15, -0.1) is 11.8 Å². The van der Waals surface area contributed by atoms with Crippen molar-refractivity contribution in [3.05, 3.63) is 22.8 Å². The average Bonchev–Trinajstić information content (AvgIpc) is 2.35. The monoisotopic (exact) mass is 318 g/mol. The largest absolute Gasteiger partial charge is 0.383 e. The highest BCUT2D eigenvalue weighted by Gasteiger charge is 2.00. The molecular weight excluding hydrogens is 300 g/mol. The van der Waals surface area contributed by atoms with E-state index in [2.05, 4.69) is 26.2 Å². The average molecular weight is 319 g/mol. The first-order valence-corrected chi connectivity index (χ1v) is 7.55. The van der Waals surface area contributed by atoms with E-state index in [1.165, 1.54) is 12.8 Å². The van der Waals surface area contributed by atoms with Crippen molar-refractivity contribution >= 4 is 27.7 Å². The number of rotatable bonds is 9. The lowest BCUT2D eigenvalue weighted by molar-refractivity contribution is 0.199. The van der Waals surface area contributed by atoms with Crippen LogP contribution in [0.5, 0.6) is 0 Å². The molecule has 0 amide bonds. The van der Waals surface area contributed by atoms with Crippen LogP contribution in [0.2, 0.25) is 0 Å². The Bertz CT molecular complexity index is 312. The van der Waals surface area contributed by atoms with Gasteiger partial charge in [0.15, 0.2) is 0 Å². The summed E-state index contributed by atoms with van der Waals surface area (Å²) in [7, 11) is 1.73. The Hall–Kier alpha value is -0.100. The smallest absolute Gasteiger partial charge is 0.110 e. The van der Waals surface area contributed by atoms with Crippen molar-refractivity contribution in [2.75, 3.05) is 32.6 Å². The molecule has 1 aromatic heterocycles. The molecule has 3 nitrogen and oxygen atoms in total. The SMILES string of the molecule is COCCNCCCCSc1ncccc1Br. The number of halogens is 1. The Morgan fingerprint density at radius 3 is 3.06 bits per heavy atom. The van der Waals surface area contributed by atoms with Gasteiger partial charge in [-0.25, -0.2) is 4.98 Å². The lowest BCUT2D eigenvalue weighted by atomic mass is 10.3. The van der Waals surface area contributed by atoms with E-state index in [1.807, 2.05) is 18.3 Å². The van der Waals surface area contributed by atoms with Gasteiger partial charge in [-0.3, -0.25) is 0 Å². The number of aromatic nitrogens is 1. The summed E-state index contributed by atoms with van der Waals surface area (Å²) in [6, 6.07) is 3.97.